The van der Waals surface area contributed by atoms with E-state index in [0.717, 1.165) is 0 Å². The highest BCUT2D eigenvalue weighted by atomic mass is 16.5. The summed E-state index contributed by atoms with van der Waals surface area (Å²) >= 11 is 0. The maximum Gasteiger partial charge on any atom is 0.335 e. The molecule has 21 heavy (non-hydrogen) atoms. The zero-order valence-corrected chi connectivity index (χ0v) is 12.5. The van der Waals surface area contributed by atoms with Gasteiger partial charge < -0.3 is 19.9 Å². The van der Waals surface area contributed by atoms with Crippen LogP contribution in [0.4, 0.5) is 0 Å². The minimum atomic E-state index is -1.03. The highest BCUT2D eigenvalue weighted by molar-refractivity contribution is 5.88. The van der Waals surface area contributed by atoms with E-state index in [0.29, 0.717) is 18.1 Å². The van der Waals surface area contributed by atoms with E-state index in [2.05, 4.69) is 5.32 Å². The third-order valence-corrected chi connectivity index (χ3v) is 2.53. The van der Waals surface area contributed by atoms with Crippen molar-refractivity contribution in [3.63, 3.8) is 0 Å². The molecule has 1 amide bonds. The number of nitrogens with one attached hydrogen (secondary N) is 1. The van der Waals surface area contributed by atoms with Crippen LogP contribution in [0, 0.1) is 0 Å². The molecule has 0 saturated carbocycles. The molecule has 0 spiro atoms. The molecule has 0 aliphatic rings. The average Bonchev–Trinajstić information content (AvgIpc) is 2.39. The summed E-state index contributed by atoms with van der Waals surface area (Å²) in [7, 11) is 0. The first-order valence-corrected chi connectivity index (χ1v) is 6.86. The van der Waals surface area contributed by atoms with Gasteiger partial charge in [-0.15, -0.1) is 0 Å². The molecule has 6 heteroatoms. The van der Waals surface area contributed by atoms with Crippen LogP contribution in [0.3, 0.4) is 0 Å². The monoisotopic (exact) mass is 295 g/mol. The number of carboxylic acids is 1. The highest BCUT2D eigenvalue weighted by Crippen LogP contribution is 2.28. The van der Waals surface area contributed by atoms with Gasteiger partial charge in [0.05, 0.1) is 25.2 Å². The van der Waals surface area contributed by atoms with E-state index in [1.54, 1.807) is 6.92 Å². The molecule has 0 bridgehead atoms. The van der Waals surface area contributed by atoms with Gasteiger partial charge in [-0.1, -0.05) is 0 Å². The van der Waals surface area contributed by atoms with Gasteiger partial charge in [-0.05, 0) is 39.0 Å². The lowest BCUT2D eigenvalue weighted by atomic mass is 10.2. The minimum absolute atomic E-state index is 0.0892. The fourth-order valence-corrected chi connectivity index (χ4v) is 1.68. The molecule has 0 saturated heterocycles. The average molecular weight is 295 g/mol. The molecule has 1 aromatic rings. The zero-order chi connectivity index (χ0) is 15.8. The van der Waals surface area contributed by atoms with Crippen molar-refractivity contribution in [2.75, 3.05) is 13.2 Å². The van der Waals surface area contributed by atoms with Crippen LogP contribution in [0.1, 0.15) is 37.6 Å². The van der Waals surface area contributed by atoms with Gasteiger partial charge in [-0.2, -0.15) is 0 Å². The molecule has 1 aromatic carbocycles. The standard InChI is InChI=1S/C15H21NO5/c1-4-20-13-9-11(15(18)19)5-6-12(13)21-8-7-14(17)16-10(2)3/h5-6,9-10H,4,7-8H2,1-3H3,(H,16,17)(H,18,19). The largest absolute Gasteiger partial charge is 0.490 e. The van der Waals surface area contributed by atoms with Crippen molar-refractivity contribution in [1.82, 2.24) is 5.32 Å². The number of rotatable bonds is 8. The van der Waals surface area contributed by atoms with E-state index in [1.807, 2.05) is 13.8 Å². The third kappa shape index (κ3) is 5.72. The first kappa shape index (κ1) is 16.8. The zero-order valence-electron chi connectivity index (χ0n) is 12.5. The molecular formula is C15H21NO5. The van der Waals surface area contributed by atoms with E-state index in [-0.39, 0.29) is 30.5 Å². The summed E-state index contributed by atoms with van der Waals surface area (Å²) in [6, 6.07) is 4.48. The van der Waals surface area contributed by atoms with Crippen LogP contribution in [0.15, 0.2) is 18.2 Å². The minimum Gasteiger partial charge on any atom is -0.490 e. The predicted molar refractivity (Wildman–Crippen MR) is 78.0 cm³/mol. The predicted octanol–water partition coefficient (Wildman–Crippen LogP) is 2.08. The van der Waals surface area contributed by atoms with E-state index in [4.69, 9.17) is 14.6 Å². The summed E-state index contributed by atoms with van der Waals surface area (Å²) in [5.74, 6) is -0.329. The molecule has 0 unspecified atom stereocenters. The fourth-order valence-electron chi connectivity index (χ4n) is 1.68. The number of carbonyl (C=O) groups excluding carboxylic acids is 1. The van der Waals surface area contributed by atoms with Crippen LogP contribution in [-0.4, -0.2) is 36.2 Å². The number of benzene rings is 1. The van der Waals surface area contributed by atoms with Gasteiger partial charge in [0, 0.05) is 6.04 Å². The topological polar surface area (TPSA) is 84.9 Å². The Labute approximate surface area is 124 Å². The number of ether oxygens (including phenoxy) is 2. The second-order valence-electron chi connectivity index (χ2n) is 4.72. The normalized spacial score (nSPS) is 10.3. The van der Waals surface area contributed by atoms with Crippen molar-refractivity contribution in [2.45, 2.75) is 33.2 Å². The lowest BCUT2D eigenvalue weighted by Crippen LogP contribution is -2.31. The lowest BCUT2D eigenvalue weighted by Gasteiger charge is -2.13. The summed E-state index contributed by atoms with van der Waals surface area (Å²) in [6.45, 7) is 6.17. The Kier molecular flexibility index (Phi) is 6.52. The Hall–Kier alpha value is -2.24. The smallest absolute Gasteiger partial charge is 0.335 e. The number of hydrogen-bond acceptors (Lipinski definition) is 4. The highest BCUT2D eigenvalue weighted by Gasteiger charge is 2.11. The first-order valence-electron chi connectivity index (χ1n) is 6.86. The maximum atomic E-state index is 11.5. The second-order valence-corrected chi connectivity index (χ2v) is 4.72. The van der Waals surface area contributed by atoms with Gasteiger partial charge in [-0.3, -0.25) is 4.79 Å². The van der Waals surface area contributed by atoms with Gasteiger partial charge in [0.2, 0.25) is 5.91 Å². The van der Waals surface area contributed by atoms with E-state index >= 15 is 0 Å². The fraction of sp³-hybridized carbons (Fsp3) is 0.467. The van der Waals surface area contributed by atoms with Crippen molar-refractivity contribution < 1.29 is 24.2 Å². The third-order valence-electron chi connectivity index (χ3n) is 2.53. The quantitative estimate of drug-likeness (QED) is 0.767. The molecule has 116 valence electrons. The molecule has 0 radical (unpaired) electrons. The van der Waals surface area contributed by atoms with Crippen molar-refractivity contribution in [2.24, 2.45) is 0 Å². The van der Waals surface area contributed by atoms with Crippen LogP contribution in [0.2, 0.25) is 0 Å². The summed E-state index contributed by atoms with van der Waals surface area (Å²) in [6.07, 6.45) is 0.227. The SMILES string of the molecule is CCOc1cc(C(=O)O)ccc1OCCC(=O)NC(C)C. The number of aromatic carboxylic acids is 1. The number of carboxylic acid groups (broad SMARTS) is 1. The summed E-state index contributed by atoms with van der Waals surface area (Å²) in [5, 5.41) is 11.7. The number of hydrogen-bond donors (Lipinski definition) is 2. The Morgan fingerprint density at radius 1 is 1.24 bits per heavy atom. The Balaban J connectivity index is 2.65. The van der Waals surface area contributed by atoms with Crippen LogP contribution in [0.25, 0.3) is 0 Å². The lowest BCUT2D eigenvalue weighted by molar-refractivity contribution is -0.122. The van der Waals surface area contributed by atoms with Gasteiger partial charge in [0.15, 0.2) is 11.5 Å². The van der Waals surface area contributed by atoms with Crippen molar-refractivity contribution in [3.8, 4) is 11.5 Å². The van der Waals surface area contributed by atoms with E-state index in [9.17, 15) is 9.59 Å². The number of amides is 1. The first-order chi connectivity index (χ1) is 9.93. The Bertz CT molecular complexity index is 499. The summed E-state index contributed by atoms with van der Waals surface area (Å²) in [5.41, 5.74) is 0.128. The molecule has 0 aromatic heterocycles. The van der Waals surface area contributed by atoms with Crippen LogP contribution in [0.5, 0.6) is 11.5 Å². The summed E-state index contributed by atoms with van der Waals surface area (Å²) < 4.78 is 10.9. The van der Waals surface area contributed by atoms with Crippen molar-refractivity contribution >= 4 is 11.9 Å². The van der Waals surface area contributed by atoms with Crippen LogP contribution < -0.4 is 14.8 Å². The van der Waals surface area contributed by atoms with Gasteiger partial charge in [0.25, 0.3) is 0 Å². The molecule has 0 heterocycles. The van der Waals surface area contributed by atoms with Gasteiger partial charge in [0.1, 0.15) is 0 Å². The van der Waals surface area contributed by atoms with Crippen molar-refractivity contribution in [3.05, 3.63) is 23.8 Å². The molecule has 0 aliphatic carbocycles. The Morgan fingerprint density at radius 2 is 1.95 bits per heavy atom. The Morgan fingerprint density at radius 3 is 2.52 bits per heavy atom. The second kappa shape index (κ2) is 8.14. The maximum absolute atomic E-state index is 11.5. The number of carbonyl (C=O) groups is 2. The van der Waals surface area contributed by atoms with E-state index < -0.39 is 5.97 Å². The molecule has 0 fully saturated rings. The van der Waals surface area contributed by atoms with Gasteiger partial charge >= 0.3 is 5.97 Å². The molecule has 2 N–H and O–H groups in total. The summed E-state index contributed by atoms with van der Waals surface area (Å²) in [4.78, 5) is 22.4. The molecule has 1 rings (SSSR count). The molecule has 0 aliphatic heterocycles. The van der Waals surface area contributed by atoms with Crippen LogP contribution >= 0.6 is 0 Å². The van der Waals surface area contributed by atoms with Gasteiger partial charge in [-0.25, -0.2) is 4.79 Å². The molecule has 6 nitrogen and oxygen atoms in total. The van der Waals surface area contributed by atoms with Crippen LogP contribution in [-0.2, 0) is 4.79 Å². The molecule has 0 atom stereocenters. The van der Waals surface area contributed by atoms with Crippen molar-refractivity contribution in [1.29, 1.82) is 0 Å². The van der Waals surface area contributed by atoms with E-state index in [1.165, 1.54) is 18.2 Å². The molecular weight excluding hydrogens is 274 g/mol.